The van der Waals surface area contributed by atoms with Crippen LogP contribution in [0.1, 0.15) is 47.0 Å². The average molecular weight is 151 g/mol. The average Bonchev–Trinajstić information content (AvgIpc) is 2.07. The lowest BCUT2D eigenvalue weighted by atomic mass is 10.0. The summed E-state index contributed by atoms with van der Waals surface area (Å²) < 4.78 is 0. The molecule has 1 rings (SSSR count). The van der Waals surface area contributed by atoms with Crippen LogP contribution in [0, 0.1) is 5.41 Å². The van der Waals surface area contributed by atoms with Gasteiger partial charge in [0, 0.05) is 8.41 Å². The third kappa shape index (κ3) is 25.9. The molecule has 0 aromatic heterocycles. The summed E-state index contributed by atoms with van der Waals surface area (Å²) >= 11 is 0. The predicted molar refractivity (Wildman–Crippen MR) is 53.9 cm³/mol. The van der Waals surface area contributed by atoms with E-state index < -0.39 is 0 Å². The summed E-state index contributed by atoms with van der Waals surface area (Å²) in [4.78, 5) is 0. The summed E-state index contributed by atoms with van der Waals surface area (Å²) in [5, 5.41) is 0. The molecule has 1 aliphatic carbocycles. The van der Waals surface area contributed by atoms with E-state index in [4.69, 9.17) is 0 Å². The van der Waals surface area contributed by atoms with Gasteiger partial charge in [-0.25, -0.2) is 0 Å². The van der Waals surface area contributed by atoms with Crippen LogP contribution in [0.25, 0.3) is 0 Å². The van der Waals surface area contributed by atoms with Crippen LogP contribution < -0.4 is 0 Å². The van der Waals surface area contributed by atoms with Crippen molar-refractivity contribution in [2.75, 3.05) is 0 Å². The van der Waals surface area contributed by atoms with Gasteiger partial charge in [-0.2, -0.15) is 0 Å². The Morgan fingerprint density at radius 1 is 0.909 bits per heavy atom. The molecule has 0 saturated heterocycles. The summed E-state index contributed by atoms with van der Waals surface area (Å²) in [6.07, 6.45) is 8.50. The van der Waals surface area contributed by atoms with Gasteiger partial charge in [-0.15, -0.1) is 0 Å². The van der Waals surface area contributed by atoms with Crippen molar-refractivity contribution in [1.29, 1.82) is 0 Å². The molecule has 1 heteroatoms. The monoisotopic (exact) mass is 151 g/mol. The Hall–Kier alpha value is -0.195. The Kier molecular flexibility index (Phi) is 7.93. The van der Waals surface area contributed by atoms with Crippen molar-refractivity contribution < 1.29 is 0 Å². The van der Waals surface area contributed by atoms with E-state index in [1.807, 2.05) is 0 Å². The standard InChI is InChI=1S/C5H8.C5H12.B/c1-2-4-5-3-1;1-5(2,3)4;/h1-2H,3-5H2;1-4H3;. The molecule has 0 aromatic carbocycles. The fraction of sp³-hybridized carbons (Fsp3) is 0.800. The van der Waals surface area contributed by atoms with Crippen molar-refractivity contribution in [3.8, 4) is 0 Å². The van der Waals surface area contributed by atoms with Gasteiger partial charge in [-0.05, 0) is 24.7 Å². The fourth-order valence-electron chi connectivity index (χ4n) is 0.589. The number of rotatable bonds is 0. The maximum atomic E-state index is 2.24. The van der Waals surface area contributed by atoms with Gasteiger partial charge >= 0.3 is 0 Å². The molecule has 0 atom stereocenters. The molecule has 0 fully saturated rings. The van der Waals surface area contributed by atoms with E-state index in [1.54, 1.807) is 0 Å². The molecule has 0 heterocycles. The third-order valence-corrected chi connectivity index (χ3v) is 0.908. The van der Waals surface area contributed by atoms with Gasteiger partial charge in [0.15, 0.2) is 0 Å². The molecule has 0 unspecified atom stereocenters. The van der Waals surface area contributed by atoms with Crippen LogP contribution in [0.4, 0.5) is 0 Å². The van der Waals surface area contributed by atoms with E-state index in [1.165, 1.54) is 19.3 Å². The van der Waals surface area contributed by atoms with Crippen LogP contribution in [-0.4, -0.2) is 8.41 Å². The highest BCUT2D eigenvalue weighted by Crippen LogP contribution is 2.08. The lowest BCUT2D eigenvalue weighted by Crippen LogP contribution is -1.93. The Bertz CT molecular complexity index is 85.9. The highest BCUT2D eigenvalue weighted by molar-refractivity contribution is 5.75. The van der Waals surface area contributed by atoms with Gasteiger partial charge in [0.25, 0.3) is 0 Å². The Labute approximate surface area is 73.7 Å². The number of hydrogen-bond donors (Lipinski definition) is 0. The Morgan fingerprint density at radius 3 is 1.27 bits per heavy atom. The van der Waals surface area contributed by atoms with E-state index >= 15 is 0 Å². The first kappa shape index (κ1) is 13.4. The van der Waals surface area contributed by atoms with Crippen LogP contribution in [0.2, 0.25) is 0 Å². The van der Waals surface area contributed by atoms with Gasteiger partial charge in [0.1, 0.15) is 0 Å². The van der Waals surface area contributed by atoms with E-state index in [-0.39, 0.29) is 8.41 Å². The molecule has 0 N–H and O–H groups in total. The molecule has 63 valence electrons. The minimum Gasteiger partial charge on any atom is -0.0885 e. The van der Waals surface area contributed by atoms with Crippen molar-refractivity contribution >= 4 is 8.41 Å². The first-order valence-corrected chi connectivity index (χ1v) is 4.15. The second-order valence-corrected chi connectivity index (χ2v) is 4.40. The summed E-state index contributed by atoms with van der Waals surface area (Å²) in [6, 6.07) is 0. The molecular formula is C10H20B. The molecule has 11 heavy (non-hydrogen) atoms. The minimum atomic E-state index is 0. The number of hydrogen-bond acceptors (Lipinski definition) is 0. The molecule has 0 saturated carbocycles. The third-order valence-electron chi connectivity index (χ3n) is 0.908. The van der Waals surface area contributed by atoms with E-state index in [9.17, 15) is 0 Å². The van der Waals surface area contributed by atoms with Crippen molar-refractivity contribution in [1.82, 2.24) is 0 Å². The molecule has 0 spiro atoms. The first-order valence-electron chi connectivity index (χ1n) is 4.15. The SMILES string of the molecule is C1=CCCC1.CC(C)(C)C.[B]. The summed E-state index contributed by atoms with van der Waals surface area (Å²) in [5.41, 5.74) is 0.500. The van der Waals surface area contributed by atoms with E-state index in [2.05, 4.69) is 39.8 Å². The topological polar surface area (TPSA) is 0 Å². The van der Waals surface area contributed by atoms with E-state index in [0.29, 0.717) is 5.41 Å². The maximum absolute atomic E-state index is 2.24. The lowest BCUT2D eigenvalue weighted by Gasteiger charge is -2.05. The zero-order valence-electron chi connectivity index (χ0n) is 8.35. The molecule has 0 nitrogen and oxygen atoms in total. The van der Waals surface area contributed by atoms with Gasteiger partial charge in [-0.1, -0.05) is 39.8 Å². The van der Waals surface area contributed by atoms with Gasteiger partial charge in [0.05, 0.1) is 0 Å². The predicted octanol–water partition coefficient (Wildman–Crippen LogP) is 3.40. The second-order valence-electron chi connectivity index (χ2n) is 4.40. The largest absolute Gasteiger partial charge is 0.0885 e. The minimum absolute atomic E-state index is 0. The van der Waals surface area contributed by atoms with Crippen LogP contribution in [0.5, 0.6) is 0 Å². The van der Waals surface area contributed by atoms with Crippen LogP contribution in [-0.2, 0) is 0 Å². The molecule has 0 aromatic rings. The molecule has 0 amide bonds. The van der Waals surface area contributed by atoms with Crippen molar-refractivity contribution in [3.63, 3.8) is 0 Å². The molecule has 1 aliphatic rings. The molecule has 0 bridgehead atoms. The summed E-state index contributed by atoms with van der Waals surface area (Å²) in [5.74, 6) is 0. The van der Waals surface area contributed by atoms with E-state index in [0.717, 1.165) is 0 Å². The first-order chi connectivity index (χ1) is 4.50. The highest BCUT2D eigenvalue weighted by atomic mass is 14.0. The molecule has 3 radical (unpaired) electrons. The molecule has 0 aliphatic heterocycles. The van der Waals surface area contributed by atoms with Gasteiger partial charge in [-0.3, -0.25) is 0 Å². The van der Waals surface area contributed by atoms with Crippen LogP contribution >= 0.6 is 0 Å². The highest BCUT2D eigenvalue weighted by Gasteiger charge is 1.95. The van der Waals surface area contributed by atoms with Crippen molar-refractivity contribution in [2.24, 2.45) is 5.41 Å². The zero-order chi connectivity index (χ0) is 8.04. The quantitative estimate of drug-likeness (QED) is 0.367. The van der Waals surface area contributed by atoms with Crippen LogP contribution in [0.3, 0.4) is 0 Å². The van der Waals surface area contributed by atoms with Crippen LogP contribution in [0.15, 0.2) is 12.2 Å². The van der Waals surface area contributed by atoms with Crippen molar-refractivity contribution in [2.45, 2.75) is 47.0 Å². The molecular weight excluding hydrogens is 131 g/mol. The Balaban J connectivity index is 0. The fourth-order valence-corrected chi connectivity index (χ4v) is 0.589. The summed E-state index contributed by atoms with van der Waals surface area (Å²) in [7, 11) is 0. The maximum Gasteiger partial charge on any atom is 0 e. The second kappa shape index (κ2) is 6.51. The normalized spacial score (nSPS) is 14.9. The number of allylic oxidation sites excluding steroid dienone is 2. The van der Waals surface area contributed by atoms with Gasteiger partial charge in [0.2, 0.25) is 0 Å². The van der Waals surface area contributed by atoms with Crippen molar-refractivity contribution in [3.05, 3.63) is 12.2 Å². The summed E-state index contributed by atoms with van der Waals surface area (Å²) in [6.45, 7) is 8.75. The smallest absolute Gasteiger partial charge is 0 e. The zero-order valence-corrected chi connectivity index (χ0v) is 8.35. The lowest BCUT2D eigenvalue weighted by molar-refractivity contribution is 0.469. The Morgan fingerprint density at radius 2 is 1.18 bits per heavy atom. The van der Waals surface area contributed by atoms with Gasteiger partial charge < -0.3 is 0 Å².